The third-order valence-corrected chi connectivity index (χ3v) is 3.56. The zero-order valence-corrected chi connectivity index (χ0v) is 11.5. The molecule has 8 heteroatoms. The van der Waals surface area contributed by atoms with Crippen LogP contribution in [0.1, 0.15) is 6.92 Å². The quantitative estimate of drug-likeness (QED) is 0.718. The van der Waals surface area contributed by atoms with Crippen molar-refractivity contribution in [1.82, 2.24) is 15.0 Å². The number of aromatic nitrogens is 3. The van der Waals surface area contributed by atoms with E-state index in [2.05, 4.69) is 25.6 Å². The van der Waals surface area contributed by atoms with Gasteiger partial charge in [0.1, 0.15) is 0 Å². The van der Waals surface area contributed by atoms with E-state index in [-0.39, 0.29) is 23.2 Å². The van der Waals surface area contributed by atoms with Crippen LogP contribution in [0.5, 0.6) is 0 Å². The van der Waals surface area contributed by atoms with E-state index < -0.39 is 0 Å². The lowest BCUT2D eigenvalue weighted by atomic mass is 10.2. The first-order valence-electron chi connectivity index (χ1n) is 5.10. The van der Waals surface area contributed by atoms with Crippen molar-refractivity contribution in [3.05, 3.63) is 5.28 Å². The van der Waals surface area contributed by atoms with Crippen molar-refractivity contribution in [1.29, 1.82) is 0 Å². The molecule has 0 aliphatic carbocycles. The monoisotopic (exact) mass is 277 g/mol. The summed E-state index contributed by atoms with van der Waals surface area (Å²) in [5.41, 5.74) is 0. The van der Waals surface area contributed by atoms with Crippen molar-refractivity contribution in [2.45, 2.75) is 18.2 Å². The highest BCUT2D eigenvalue weighted by atomic mass is 35.5. The molecule has 0 spiro atoms. The maximum Gasteiger partial charge on any atom is 0.229 e. The molecule has 0 fully saturated rings. The Morgan fingerprint density at radius 1 is 1.35 bits per heavy atom. The van der Waals surface area contributed by atoms with Gasteiger partial charge in [0, 0.05) is 18.3 Å². The van der Waals surface area contributed by atoms with E-state index in [0.29, 0.717) is 11.9 Å². The Balaban J connectivity index is 2.76. The second kappa shape index (κ2) is 6.83. The zero-order chi connectivity index (χ0) is 12.8. The maximum absolute atomic E-state index is 9.18. The molecule has 0 aromatic carbocycles. The van der Waals surface area contributed by atoms with Crippen LogP contribution in [0.3, 0.4) is 0 Å². The Hall–Kier alpha value is -0.790. The molecule has 2 unspecified atom stereocenters. The number of nitrogens with zero attached hydrogens (tertiary/aromatic N) is 3. The van der Waals surface area contributed by atoms with E-state index in [9.17, 15) is 5.11 Å². The van der Waals surface area contributed by atoms with Gasteiger partial charge in [-0.05, 0) is 24.8 Å². The van der Waals surface area contributed by atoms with Crippen molar-refractivity contribution >= 4 is 35.3 Å². The summed E-state index contributed by atoms with van der Waals surface area (Å²) in [5, 5.41) is 15.3. The summed E-state index contributed by atoms with van der Waals surface area (Å²) < 4.78 is 0. The predicted octanol–water partition coefficient (Wildman–Crippen LogP) is 1.09. The molecule has 1 rings (SSSR count). The van der Waals surface area contributed by atoms with E-state index in [4.69, 9.17) is 11.6 Å². The molecular weight excluding hydrogens is 262 g/mol. The van der Waals surface area contributed by atoms with Gasteiger partial charge in [0.15, 0.2) is 0 Å². The molecule has 0 radical (unpaired) electrons. The number of anilines is 2. The number of halogens is 1. The summed E-state index contributed by atoms with van der Waals surface area (Å²) in [7, 11) is 1.71. The Kier molecular flexibility index (Phi) is 5.73. The fraction of sp³-hybridized carbons (Fsp3) is 0.667. The summed E-state index contributed by atoms with van der Waals surface area (Å²) in [4.78, 5) is 12.0. The topological polar surface area (TPSA) is 83.0 Å². The van der Waals surface area contributed by atoms with Crippen LogP contribution in [-0.4, -0.2) is 51.3 Å². The third kappa shape index (κ3) is 4.18. The van der Waals surface area contributed by atoms with Crippen molar-refractivity contribution in [2.75, 3.05) is 30.5 Å². The highest BCUT2D eigenvalue weighted by Crippen LogP contribution is 2.15. The lowest BCUT2D eigenvalue weighted by Gasteiger charge is -2.21. The van der Waals surface area contributed by atoms with E-state index in [0.717, 1.165) is 0 Å². The van der Waals surface area contributed by atoms with Crippen molar-refractivity contribution < 1.29 is 5.11 Å². The van der Waals surface area contributed by atoms with Crippen molar-refractivity contribution in [2.24, 2.45) is 0 Å². The van der Waals surface area contributed by atoms with Crippen LogP contribution < -0.4 is 10.6 Å². The summed E-state index contributed by atoms with van der Waals surface area (Å²) in [6.45, 7) is 2.04. The molecule has 1 aromatic rings. The molecule has 1 aromatic heterocycles. The third-order valence-electron chi connectivity index (χ3n) is 2.23. The predicted molar refractivity (Wildman–Crippen MR) is 71.9 cm³/mol. The number of thioether (sulfide) groups is 1. The summed E-state index contributed by atoms with van der Waals surface area (Å²) in [5.74, 6) is 0.804. The normalized spacial score (nSPS) is 14.2. The molecule has 0 amide bonds. The number of rotatable bonds is 6. The van der Waals surface area contributed by atoms with Gasteiger partial charge in [-0.15, -0.1) is 0 Å². The van der Waals surface area contributed by atoms with Crippen LogP contribution in [0.2, 0.25) is 5.28 Å². The molecule has 0 aliphatic heterocycles. The SMILES string of the molecule is CNc1nc(Cl)nc(NC(C)C(CO)SC)n1. The smallest absolute Gasteiger partial charge is 0.229 e. The molecule has 3 N–H and O–H groups in total. The number of hydrogen-bond donors (Lipinski definition) is 3. The minimum Gasteiger partial charge on any atom is -0.395 e. The van der Waals surface area contributed by atoms with Gasteiger partial charge in [-0.25, -0.2) is 0 Å². The van der Waals surface area contributed by atoms with Gasteiger partial charge in [0.2, 0.25) is 17.2 Å². The Morgan fingerprint density at radius 2 is 2.00 bits per heavy atom. The first-order chi connectivity index (χ1) is 8.10. The molecule has 0 aliphatic rings. The second-order valence-electron chi connectivity index (χ2n) is 3.39. The van der Waals surface area contributed by atoms with Gasteiger partial charge < -0.3 is 15.7 Å². The number of aliphatic hydroxyl groups excluding tert-OH is 1. The average Bonchev–Trinajstić information content (AvgIpc) is 2.29. The molecular formula is C9H16ClN5OS. The molecule has 0 saturated carbocycles. The second-order valence-corrected chi connectivity index (χ2v) is 4.81. The molecule has 0 saturated heterocycles. The van der Waals surface area contributed by atoms with Gasteiger partial charge in [-0.2, -0.15) is 26.7 Å². The maximum atomic E-state index is 9.18. The highest BCUT2D eigenvalue weighted by Gasteiger charge is 2.16. The Morgan fingerprint density at radius 3 is 2.53 bits per heavy atom. The van der Waals surface area contributed by atoms with Crippen LogP contribution in [0.15, 0.2) is 0 Å². The van der Waals surface area contributed by atoms with Crippen LogP contribution in [0.4, 0.5) is 11.9 Å². The van der Waals surface area contributed by atoms with Gasteiger partial charge >= 0.3 is 0 Å². The number of nitrogens with one attached hydrogen (secondary N) is 2. The van der Waals surface area contributed by atoms with Gasteiger partial charge in [0.25, 0.3) is 0 Å². The van der Waals surface area contributed by atoms with Gasteiger partial charge in [-0.3, -0.25) is 0 Å². The molecule has 1 heterocycles. The number of hydrogen-bond acceptors (Lipinski definition) is 7. The van der Waals surface area contributed by atoms with Crippen LogP contribution in [0, 0.1) is 0 Å². The van der Waals surface area contributed by atoms with E-state index in [1.165, 1.54) is 0 Å². The van der Waals surface area contributed by atoms with Crippen LogP contribution >= 0.6 is 23.4 Å². The van der Waals surface area contributed by atoms with Gasteiger partial charge in [-0.1, -0.05) is 0 Å². The Bertz CT molecular complexity index is 363. The minimum atomic E-state index is 0.0261. The van der Waals surface area contributed by atoms with Gasteiger partial charge in [0.05, 0.1) is 6.61 Å². The number of aliphatic hydroxyl groups is 1. The van der Waals surface area contributed by atoms with Crippen molar-refractivity contribution in [3.63, 3.8) is 0 Å². The minimum absolute atomic E-state index is 0.0261. The van der Waals surface area contributed by atoms with E-state index >= 15 is 0 Å². The first kappa shape index (κ1) is 14.3. The summed E-state index contributed by atoms with van der Waals surface area (Å²) in [6.07, 6.45) is 1.94. The average molecular weight is 278 g/mol. The van der Waals surface area contributed by atoms with Crippen LogP contribution in [-0.2, 0) is 0 Å². The Labute approximate surface area is 110 Å². The lowest BCUT2D eigenvalue weighted by molar-refractivity contribution is 0.288. The molecule has 6 nitrogen and oxygen atoms in total. The summed E-state index contributed by atoms with van der Waals surface area (Å²) >= 11 is 7.34. The van der Waals surface area contributed by atoms with Crippen molar-refractivity contribution in [3.8, 4) is 0 Å². The first-order valence-corrected chi connectivity index (χ1v) is 6.76. The van der Waals surface area contributed by atoms with Crippen LogP contribution in [0.25, 0.3) is 0 Å². The molecule has 0 bridgehead atoms. The highest BCUT2D eigenvalue weighted by molar-refractivity contribution is 7.99. The zero-order valence-electron chi connectivity index (χ0n) is 9.94. The largest absolute Gasteiger partial charge is 0.395 e. The van der Waals surface area contributed by atoms with E-state index in [1.54, 1.807) is 18.8 Å². The van der Waals surface area contributed by atoms with E-state index in [1.807, 2.05) is 13.2 Å². The molecule has 17 heavy (non-hydrogen) atoms. The molecule has 96 valence electrons. The summed E-state index contributed by atoms with van der Waals surface area (Å²) in [6, 6.07) is 0.0261. The fourth-order valence-corrected chi connectivity index (χ4v) is 2.05. The standard InChI is InChI=1S/C9H16ClN5OS/c1-5(6(4-16)17-3)12-9-14-7(10)13-8(11-2)15-9/h5-6,16H,4H2,1-3H3,(H2,11,12,13,14,15). The molecule has 2 atom stereocenters. The lowest BCUT2D eigenvalue weighted by Crippen LogP contribution is -2.31. The fourth-order valence-electron chi connectivity index (χ4n) is 1.26.